The predicted octanol–water partition coefficient (Wildman–Crippen LogP) is 4.12. The maximum Gasteiger partial charge on any atom is 0.0568 e. The number of rotatable bonds is 3. The molecule has 0 fully saturated rings. The van der Waals surface area contributed by atoms with Crippen LogP contribution >= 0.6 is 0 Å². The Morgan fingerprint density at radius 1 is 0.591 bits per heavy atom. The second-order valence-electron chi connectivity index (χ2n) is 6.25. The van der Waals surface area contributed by atoms with E-state index in [0.29, 0.717) is 0 Å². The second kappa shape index (κ2) is 5.88. The van der Waals surface area contributed by atoms with Crippen molar-refractivity contribution in [3.8, 4) is 0 Å². The molecule has 0 aliphatic heterocycles. The Kier molecular flexibility index (Phi) is 3.59. The first kappa shape index (κ1) is 13.4. The number of hydrogen-bond donors (Lipinski definition) is 0. The summed E-state index contributed by atoms with van der Waals surface area (Å²) in [5.41, 5.74) is 8.24. The van der Waals surface area contributed by atoms with Crippen molar-refractivity contribution in [1.29, 1.82) is 0 Å². The van der Waals surface area contributed by atoms with Gasteiger partial charge < -0.3 is 0 Å². The largest absolute Gasteiger partial charge is 0.159 e. The molecule has 0 unspecified atom stereocenters. The number of fused-ring (bicyclic) bond motifs is 2. The molecule has 2 nitrogen and oxygen atoms in total. The third kappa shape index (κ3) is 2.74. The highest BCUT2D eigenvalue weighted by Gasteiger charge is 2.10. The maximum atomic E-state index is 4.20. The van der Waals surface area contributed by atoms with Gasteiger partial charge in [-0.3, -0.25) is 0 Å². The smallest absolute Gasteiger partial charge is 0.0568 e. The van der Waals surface area contributed by atoms with Crippen LogP contribution in [-0.2, 0) is 25.7 Å². The third-order valence-electron chi connectivity index (χ3n) is 4.73. The van der Waals surface area contributed by atoms with Crippen LogP contribution in [0.15, 0.2) is 46.6 Å². The van der Waals surface area contributed by atoms with E-state index in [1.54, 1.807) is 0 Å². The highest BCUT2D eigenvalue weighted by atomic mass is 15.2. The fourth-order valence-electron chi connectivity index (χ4n) is 3.54. The lowest BCUT2D eigenvalue weighted by Gasteiger charge is -2.00. The Morgan fingerprint density at radius 2 is 1.05 bits per heavy atom. The van der Waals surface area contributed by atoms with E-state index in [9.17, 15) is 0 Å². The molecule has 110 valence electrons. The minimum Gasteiger partial charge on any atom is -0.159 e. The molecule has 0 N–H and O–H groups in total. The average molecular weight is 288 g/mol. The van der Waals surface area contributed by atoms with Crippen LogP contribution in [0.3, 0.4) is 0 Å². The summed E-state index contributed by atoms with van der Waals surface area (Å²) >= 11 is 0. The van der Waals surface area contributed by atoms with Crippen LogP contribution in [-0.4, -0.2) is 12.4 Å². The van der Waals surface area contributed by atoms with E-state index in [1.165, 1.54) is 60.8 Å². The van der Waals surface area contributed by atoms with Gasteiger partial charge in [0.05, 0.1) is 12.4 Å². The molecule has 0 amide bonds. The molecule has 0 atom stereocenters. The summed E-state index contributed by atoms with van der Waals surface area (Å²) in [7, 11) is 0. The van der Waals surface area contributed by atoms with Crippen LogP contribution in [0.1, 0.15) is 46.2 Å². The lowest BCUT2D eigenvalue weighted by Crippen LogP contribution is -1.88. The topological polar surface area (TPSA) is 24.7 Å². The van der Waals surface area contributed by atoms with E-state index >= 15 is 0 Å². The fraction of sp³-hybridized carbons (Fsp3) is 0.300. The monoisotopic (exact) mass is 288 g/mol. The van der Waals surface area contributed by atoms with Crippen LogP contribution in [0.5, 0.6) is 0 Å². The first-order valence-electron chi connectivity index (χ1n) is 8.18. The Bertz CT molecular complexity index is 691. The van der Waals surface area contributed by atoms with Gasteiger partial charge in [0.2, 0.25) is 0 Å². The van der Waals surface area contributed by atoms with Crippen molar-refractivity contribution in [3.63, 3.8) is 0 Å². The first-order chi connectivity index (χ1) is 10.9. The summed E-state index contributed by atoms with van der Waals surface area (Å²) in [6, 6.07) is 13.2. The fourth-order valence-corrected chi connectivity index (χ4v) is 3.54. The van der Waals surface area contributed by atoms with Crippen molar-refractivity contribution in [1.82, 2.24) is 0 Å². The van der Waals surface area contributed by atoms with Gasteiger partial charge in [-0.1, -0.05) is 24.3 Å². The van der Waals surface area contributed by atoms with Gasteiger partial charge in [-0.2, -0.15) is 10.2 Å². The number of nitrogens with zero attached hydrogens (tertiary/aromatic N) is 2. The molecule has 0 bridgehead atoms. The molecule has 2 aromatic carbocycles. The normalized spacial score (nSPS) is 16.5. The van der Waals surface area contributed by atoms with E-state index in [4.69, 9.17) is 0 Å². The van der Waals surface area contributed by atoms with Crippen molar-refractivity contribution >= 4 is 12.4 Å². The van der Waals surface area contributed by atoms with Gasteiger partial charge in [0.15, 0.2) is 0 Å². The van der Waals surface area contributed by atoms with Gasteiger partial charge in [-0.05, 0) is 84.0 Å². The van der Waals surface area contributed by atoms with E-state index < -0.39 is 0 Å². The summed E-state index contributed by atoms with van der Waals surface area (Å²) < 4.78 is 0. The number of benzene rings is 2. The van der Waals surface area contributed by atoms with Crippen molar-refractivity contribution in [2.24, 2.45) is 10.2 Å². The van der Waals surface area contributed by atoms with Crippen LogP contribution in [0.2, 0.25) is 0 Å². The summed E-state index contributed by atoms with van der Waals surface area (Å²) in [5.74, 6) is 0. The van der Waals surface area contributed by atoms with Gasteiger partial charge in [0.25, 0.3) is 0 Å². The lowest BCUT2D eigenvalue weighted by molar-refractivity contribution is 0.912. The highest BCUT2D eigenvalue weighted by molar-refractivity contribution is 5.83. The summed E-state index contributed by atoms with van der Waals surface area (Å²) in [5, 5.41) is 8.40. The van der Waals surface area contributed by atoms with E-state index in [1.807, 2.05) is 12.4 Å². The first-order valence-corrected chi connectivity index (χ1v) is 8.18. The van der Waals surface area contributed by atoms with Crippen LogP contribution in [0.4, 0.5) is 0 Å². The Balaban J connectivity index is 1.45. The zero-order chi connectivity index (χ0) is 14.8. The lowest BCUT2D eigenvalue weighted by atomic mass is 10.1. The van der Waals surface area contributed by atoms with Crippen LogP contribution in [0, 0.1) is 0 Å². The van der Waals surface area contributed by atoms with Crippen molar-refractivity contribution < 1.29 is 0 Å². The average Bonchev–Trinajstić information content (AvgIpc) is 3.19. The van der Waals surface area contributed by atoms with Gasteiger partial charge in [0.1, 0.15) is 0 Å². The molecule has 2 aliphatic carbocycles. The Hall–Kier alpha value is -2.22. The van der Waals surface area contributed by atoms with E-state index in [-0.39, 0.29) is 0 Å². The van der Waals surface area contributed by atoms with Gasteiger partial charge in [-0.15, -0.1) is 0 Å². The van der Waals surface area contributed by atoms with Crippen molar-refractivity contribution in [2.45, 2.75) is 38.5 Å². The van der Waals surface area contributed by atoms with Gasteiger partial charge in [0, 0.05) is 0 Å². The van der Waals surface area contributed by atoms with E-state index in [2.05, 4.69) is 46.6 Å². The van der Waals surface area contributed by atoms with E-state index in [0.717, 1.165) is 11.1 Å². The maximum absolute atomic E-state index is 4.20. The molecular formula is C20H20N2. The van der Waals surface area contributed by atoms with Gasteiger partial charge in [-0.25, -0.2) is 0 Å². The summed E-state index contributed by atoms with van der Waals surface area (Å²) in [6.45, 7) is 0. The standard InChI is InChI=1S/C20H20N2/c1-3-17-9-7-15(11-19(17)5-1)13-21-22-14-16-8-10-18-4-2-6-20(18)12-16/h7-14H,1-6H2/b21-13+,22-14+. The Labute approximate surface area is 131 Å². The van der Waals surface area contributed by atoms with Crippen LogP contribution in [0.25, 0.3) is 0 Å². The second-order valence-corrected chi connectivity index (χ2v) is 6.25. The molecule has 22 heavy (non-hydrogen) atoms. The molecule has 2 heteroatoms. The predicted molar refractivity (Wildman–Crippen MR) is 92.1 cm³/mol. The minimum atomic E-state index is 1.15. The molecule has 2 aliphatic rings. The molecule has 0 heterocycles. The van der Waals surface area contributed by atoms with Gasteiger partial charge >= 0.3 is 0 Å². The quantitative estimate of drug-likeness (QED) is 0.599. The minimum absolute atomic E-state index is 1.15. The van der Waals surface area contributed by atoms with Crippen molar-refractivity contribution in [3.05, 3.63) is 69.8 Å². The Morgan fingerprint density at radius 3 is 1.55 bits per heavy atom. The highest BCUT2D eigenvalue weighted by Crippen LogP contribution is 2.23. The molecule has 2 aromatic rings. The number of aryl methyl sites for hydroxylation is 4. The molecule has 0 saturated heterocycles. The number of hydrogen-bond acceptors (Lipinski definition) is 2. The third-order valence-corrected chi connectivity index (χ3v) is 4.73. The van der Waals surface area contributed by atoms with Crippen molar-refractivity contribution in [2.75, 3.05) is 0 Å². The molecule has 0 aromatic heterocycles. The molecule has 0 radical (unpaired) electrons. The molecular weight excluding hydrogens is 268 g/mol. The molecule has 0 saturated carbocycles. The van der Waals surface area contributed by atoms with Crippen LogP contribution < -0.4 is 0 Å². The summed E-state index contributed by atoms with van der Waals surface area (Å²) in [4.78, 5) is 0. The summed E-state index contributed by atoms with van der Waals surface area (Å²) in [6.07, 6.45) is 11.1. The molecule has 0 spiro atoms. The SMILES string of the molecule is C(=N\N=C\c1ccc2c(c1)CCC2)/c1ccc2c(c1)CCC2. The molecule has 4 rings (SSSR count). The zero-order valence-electron chi connectivity index (χ0n) is 12.8. The zero-order valence-corrected chi connectivity index (χ0v) is 12.8.